The molecule has 2 aromatic rings. The molecule has 0 radical (unpaired) electrons. The van der Waals surface area contributed by atoms with Crippen LogP contribution in [-0.4, -0.2) is 11.6 Å². The van der Waals surface area contributed by atoms with E-state index in [0.717, 1.165) is 11.1 Å². The van der Waals surface area contributed by atoms with Gasteiger partial charge in [-0.05, 0) is 23.0 Å². The quantitative estimate of drug-likeness (QED) is 0.574. The minimum absolute atomic E-state index is 0.406. The molecule has 0 unspecified atom stereocenters. The summed E-state index contributed by atoms with van der Waals surface area (Å²) in [6.07, 6.45) is 0. The number of carbonyl (C=O) groups is 2. The van der Waals surface area contributed by atoms with Gasteiger partial charge in [-0.3, -0.25) is 9.59 Å². The van der Waals surface area contributed by atoms with Gasteiger partial charge in [-0.1, -0.05) is 76.2 Å². The molecule has 114 valence electrons. The lowest BCUT2D eigenvalue weighted by atomic mass is 9.96. The Morgan fingerprint density at radius 2 is 0.864 bits per heavy atom. The van der Waals surface area contributed by atoms with E-state index in [2.05, 4.69) is 27.7 Å². The van der Waals surface area contributed by atoms with E-state index in [1.54, 1.807) is 24.3 Å². The topological polar surface area (TPSA) is 34.1 Å². The van der Waals surface area contributed by atoms with E-state index in [4.69, 9.17) is 0 Å². The highest BCUT2D eigenvalue weighted by Gasteiger charge is 2.18. The van der Waals surface area contributed by atoms with Gasteiger partial charge in [0.05, 0.1) is 0 Å². The minimum atomic E-state index is -0.451. The zero-order valence-corrected chi connectivity index (χ0v) is 13.6. The van der Waals surface area contributed by atoms with E-state index in [1.807, 2.05) is 24.3 Å². The third kappa shape index (κ3) is 3.51. The Kier molecular flexibility index (Phi) is 4.92. The molecule has 0 saturated heterocycles. The van der Waals surface area contributed by atoms with Crippen molar-refractivity contribution in [3.8, 4) is 0 Å². The Balaban J connectivity index is 2.19. The number of ketones is 2. The van der Waals surface area contributed by atoms with Crippen molar-refractivity contribution in [2.75, 3.05) is 0 Å². The highest BCUT2D eigenvalue weighted by Crippen LogP contribution is 2.18. The maximum absolute atomic E-state index is 12.3. The van der Waals surface area contributed by atoms with Gasteiger partial charge in [0.25, 0.3) is 0 Å². The SMILES string of the molecule is CC(C)c1ccc(C(=O)C(=O)c2ccc(C(C)C)cc2)cc1. The zero-order chi connectivity index (χ0) is 16.3. The average Bonchev–Trinajstić information content (AvgIpc) is 2.53. The van der Waals surface area contributed by atoms with Crippen LogP contribution in [-0.2, 0) is 0 Å². The molecular weight excluding hydrogens is 272 g/mol. The van der Waals surface area contributed by atoms with E-state index < -0.39 is 11.6 Å². The Morgan fingerprint density at radius 3 is 1.09 bits per heavy atom. The maximum atomic E-state index is 12.3. The van der Waals surface area contributed by atoms with Crippen LogP contribution < -0.4 is 0 Å². The largest absolute Gasteiger partial charge is 0.285 e. The van der Waals surface area contributed by atoms with Crippen LogP contribution in [0.4, 0.5) is 0 Å². The molecule has 0 atom stereocenters. The molecule has 0 heterocycles. The highest BCUT2D eigenvalue weighted by atomic mass is 16.2. The average molecular weight is 294 g/mol. The summed E-state index contributed by atoms with van der Waals surface area (Å²) in [4.78, 5) is 24.6. The first-order valence-electron chi connectivity index (χ1n) is 7.69. The fourth-order valence-corrected chi connectivity index (χ4v) is 2.30. The molecule has 2 rings (SSSR count). The molecule has 22 heavy (non-hydrogen) atoms. The monoisotopic (exact) mass is 294 g/mol. The number of Topliss-reactive ketones (excluding diaryl/α,β-unsaturated/α-hetero) is 2. The van der Waals surface area contributed by atoms with Crippen molar-refractivity contribution in [1.29, 1.82) is 0 Å². The predicted molar refractivity (Wildman–Crippen MR) is 89.7 cm³/mol. The molecule has 0 N–H and O–H groups in total. The summed E-state index contributed by atoms with van der Waals surface area (Å²) in [6.45, 7) is 8.38. The fraction of sp³-hybridized carbons (Fsp3) is 0.300. The van der Waals surface area contributed by atoms with E-state index >= 15 is 0 Å². The summed E-state index contributed by atoms with van der Waals surface area (Å²) in [5, 5.41) is 0. The van der Waals surface area contributed by atoms with Crippen LogP contribution in [0.25, 0.3) is 0 Å². The van der Waals surface area contributed by atoms with Crippen molar-refractivity contribution in [1.82, 2.24) is 0 Å². The first-order valence-corrected chi connectivity index (χ1v) is 7.69. The van der Waals surface area contributed by atoms with Gasteiger partial charge < -0.3 is 0 Å². The van der Waals surface area contributed by atoms with Gasteiger partial charge in [0.15, 0.2) is 0 Å². The first-order chi connectivity index (χ1) is 10.4. The van der Waals surface area contributed by atoms with Gasteiger partial charge in [-0.2, -0.15) is 0 Å². The summed E-state index contributed by atoms with van der Waals surface area (Å²) in [5.74, 6) is -0.0907. The molecule has 0 bridgehead atoms. The molecule has 0 aliphatic rings. The van der Waals surface area contributed by atoms with Crippen molar-refractivity contribution in [3.63, 3.8) is 0 Å². The standard InChI is InChI=1S/C20H22O2/c1-13(2)15-5-9-17(10-6-15)19(21)20(22)18-11-7-16(8-12-18)14(3)4/h5-14H,1-4H3. The number of rotatable bonds is 5. The summed E-state index contributed by atoms with van der Waals surface area (Å²) in [5.41, 5.74) is 3.21. The van der Waals surface area contributed by atoms with Crippen LogP contribution in [0.3, 0.4) is 0 Å². The number of benzene rings is 2. The molecule has 0 aliphatic carbocycles. The van der Waals surface area contributed by atoms with E-state index in [0.29, 0.717) is 23.0 Å². The van der Waals surface area contributed by atoms with Crippen molar-refractivity contribution in [2.24, 2.45) is 0 Å². The van der Waals surface area contributed by atoms with Gasteiger partial charge in [-0.25, -0.2) is 0 Å². The molecule has 2 nitrogen and oxygen atoms in total. The lowest BCUT2D eigenvalue weighted by Crippen LogP contribution is -2.14. The molecule has 0 amide bonds. The van der Waals surface area contributed by atoms with Crippen molar-refractivity contribution >= 4 is 11.6 Å². The summed E-state index contributed by atoms with van der Waals surface area (Å²) in [6, 6.07) is 14.6. The van der Waals surface area contributed by atoms with E-state index in [9.17, 15) is 9.59 Å². The van der Waals surface area contributed by atoms with Crippen molar-refractivity contribution < 1.29 is 9.59 Å². The summed E-state index contributed by atoms with van der Waals surface area (Å²) >= 11 is 0. The molecular formula is C20H22O2. The smallest absolute Gasteiger partial charge is 0.233 e. The molecule has 2 aromatic carbocycles. The zero-order valence-electron chi connectivity index (χ0n) is 13.6. The molecule has 0 fully saturated rings. The number of hydrogen-bond acceptors (Lipinski definition) is 2. The van der Waals surface area contributed by atoms with Crippen LogP contribution in [0.2, 0.25) is 0 Å². The van der Waals surface area contributed by atoms with Gasteiger partial charge >= 0.3 is 0 Å². The third-order valence-electron chi connectivity index (χ3n) is 3.89. The highest BCUT2D eigenvalue weighted by molar-refractivity contribution is 6.49. The fourth-order valence-electron chi connectivity index (χ4n) is 2.30. The molecule has 2 heteroatoms. The van der Waals surface area contributed by atoms with Gasteiger partial charge in [-0.15, -0.1) is 0 Å². The predicted octanol–water partition coefficient (Wildman–Crippen LogP) is 5.00. The Bertz CT molecular complexity index is 600. The van der Waals surface area contributed by atoms with Crippen molar-refractivity contribution in [3.05, 3.63) is 70.8 Å². The van der Waals surface area contributed by atoms with Crippen LogP contribution in [0, 0.1) is 0 Å². The molecule has 0 aliphatic heterocycles. The molecule has 0 aromatic heterocycles. The van der Waals surface area contributed by atoms with Crippen LogP contribution in [0.1, 0.15) is 71.4 Å². The Hall–Kier alpha value is -2.22. The second-order valence-corrected chi connectivity index (χ2v) is 6.21. The van der Waals surface area contributed by atoms with Crippen LogP contribution >= 0.6 is 0 Å². The normalized spacial score (nSPS) is 11.0. The number of carbonyl (C=O) groups excluding carboxylic acids is 2. The van der Waals surface area contributed by atoms with Crippen LogP contribution in [0.5, 0.6) is 0 Å². The van der Waals surface area contributed by atoms with Gasteiger partial charge in [0.2, 0.25) is 11.6 Å². The summed E-state index contributed by atoms with van der Waals surface area (Å²) < 4.78 is 0. The summed E-state index contributed by atoms with van der Waals surface area (Å²) in [7, 11) is 0. The number of hydrogen-bond donors (Lipinski definition) is 0. The Labute approximate surface area is 132 Å². The molecule has 0 saturated carbocycles. The third-order valence-corrected chi connectivity index (χ3v) is 3.89. The second-order valence-electron chi connectivity index (χ2n) is 6.21. The van der Waals surface area contributed by atoms with Crippen LogP contribution in [0.15, 0.2) is 48.5 Å². The Morgan fingerprint density at radius 1 is 0.591 bits per heavy atom. The van der Waals surface area contributed by atoms with E-state index in [-0.39, 0.29) is 0 Å². The lowest BCUT2D eigenvalue weighted by Gasteiger charge is -2.07. The maximum Gasteiger partial charge on any atom is 0.233 e. The molecule has 0 spiro atoms. The van der Waals surface area contributed by atoms with Crippen molar-refractivity contribution in [2.45, 2.75) is 39.5 Å². The first kappa shape index (κ1) is 16.2. The van der Waals surface area contributed by atoms with Gasteiger partial charge in [0, 0.05) is 11.1 Å². The van der Waals surface area contributed by atoms with E-state index in [1.165, 1.54) is 0 Å². The second kappa shape index (κ2) is 6.69. The minimum Gasteiger partial charge on any atom is -0.285 e. The lowest BCUT2D eigenvalue weighted by molar-refractivity contribution is 0.0817. The van der Waals surface area contributed by atoms with Gasteiger partial charge in [0.1, 0.15) is 0 Å².